The summed E-state index contributed by atoms with van der Waals surface area (Å²) in [5, 5.41) is 11.3. The lowest BCUT2D eigenvalue weighted by molar-refractivity contribution is -0.384. The second kappa shape index (κ2) is 8.16. The third-order valence-corrected chi connectivity index (χ3v) is 6.83. The van der Waals surface area contributed by atoms with Crippen LogP contribution in [0.5, 0.6) is 0 Å². The first kappa shape index (κ1) is 21.1. The summed E-state index contributed by atoms with van der Waals surface area (Å²) in [5.74, 6) is -0.531. The van der Waals surface area contributed by atoms with E-state index in [0.717, 1.165) is 24.2 Å². The second-order valence-electron chi connectivity index (χ2n) is 8.44. The van der Waals surface area contributed by atoms with E-state index in [-0.39, 0.29) is 24.0 Å². The highest BCUT2D eigenvalue weighted by Crippen LogP contribution is 2.39. The zero-order chi connectivity index (χ0) is 22.2. The van der Waals surface area contributed by atoms with Crippen LogP contribution in [-0.2, 0) is 9.59 Å². The highest BCUT2D eigenvalue weighted by atomic mass is 16.6. The molecule has 1 saturated carbocycles. The minimum absolute atomic E-state index is 0.0383. The fraction of sp³-hybridized carbons (Fsp3) is 0.571. The average Bonchev–Trinajstić information content (AvgIpc) is 2.96. The zero-order valence-electron chi connectivity index (χ0n) is 17.7. The summed E-state index contributed by atoms with van der Waals surface area (Å²) in [6, 6.07) is 6.15. The highest BCUT2D eigenvalue weighted by molar-refractivity contribution is 6.09. The Bertz CT molecular complexity index is 905. The van der Waals surface area contributed by atoms with Crippen molar-refractivity contribution < 1.29 is 19.3 Å². The van der Waals surface area contributed by atoms with E-state index in [4.69, 9.17) is 0 Å². The molecule has 0 unspecified atom stereocenters. The van der Waals surface area contributed by atoms with Crippen LogP contribution in [0.3, 0.4) is 0 Å². The number of likely N-dealkylation sites (N-methyl/N-ethyl adjacent to an activating group) is 1. The molecule has 2 saturated heterocycles. The van der Waals surface area contributed by atoms with E-state index in [1.54, 1.807) is 30.1 Å². The lowest BCUT2D eigenvalue weighted by Crippen LogP contribution is -2.52. The van der Waals surface area contributed by atoms with Crippen LogP contribution in [0.1, 0.15) is 32.1 Å². The number of para-hydroxylation sites is 2. The smallest absolute Gasteiger partial charge is 0.327 e. The molecular formula is C21H27N5O5. The molecule has 0 radical (unpaired) electrons. The number of urea groups is 1. The predicted molar refractivity (Wildman–Crippen MR) is 113 cm³/mol. The Morgan fingerprint density at radius 3 is 2.35 bits per heavy atom. The lowest BCUT2D eigenvalue weighted by atomic mass is 9.81. The monoisotopic (exact) mass is 429 g/mol. The maximum Gasteiger partial charge on any atom is 0.327 e. The molecule has 10 nitrogen and oxygen atoms in total. The van der Waals surface area contributed by atoms with Gasteiger partial charge in [0.25, 0.3) is 11.6 Å². The van der Waals surface area contributed by atoms with Gasteiger partial charge >= 0.3 is 6.03 Å². The van der Waals surface area contributed by atoms with Crippen molar-refractivity contribution in [3.8, 4) is 0 Å². The van der Waals surface area contributed by atoms with E-state index in [0.29, 0.717) is 44.7 Å². The van der Waals surface area contributed by atoms with Crippen molar-refractivity contribution in [1.29, 1.82) is 0 Å². The maximum atomic E-state index is 13.1. The van der Waals surface area contributed by atoms with Gasteiger partial charge in [0.1, 0.15) is 17.8 Å². The third kappa shape index (κ3) is 3.60. The first-order valence-corrected chi connectivity index (χ1v) is 10.7. The van der Waals surface area contributed by atoms with E-state index < -0.39 is 16.5 Å². The van der Waals surface area contributed by atoms with Gasteiger partial charge in [-0.25, -0.2) is 4.79 Å². The van der Waals surface area contributed by atoms with Crippen molar-refractivity contribution >= 4 is 29.2 Å². The number of carbonyl (C=O) groups is 3. The predicted octanol–water partition coefficient (Wildman–Crippen LogP) is 1.84. The molecule has 2 aliphatic heterocycles. The van der Waals surface area contributed by atoms with E-state index >= 15 is 0 Å². The van der Waals surface area contributed by atoms with Crippen LogP contribution < -0.4 is 4.90 Å². The number of piperazine rings is 1. The first-order valence-electron chi connectivity index (χ1n) is 10.7. The van der Waals surface area contributed by atoms with Crippen LogP contribution in [0, 0.1) is 10.1 Å². The Kier molecular flexibility index (Phi) is 5.55. The first-order chi connectivity index (χ1) is 14.8. The minimum atomic E-state index is -0.791. The summed E-state index contributed by atoms with van der Waals surface area (Å²) >= 11 is 0. The summed E-state index contributed by atoms with van der Waals surface area (Å²) in [5.41, 5.74) is -0.220. The van der Waals surface area contributed by atoms with Crippen LogP contribution in [0.4, 0.5) is 16.2 Å². The number of hydrogen-bond acceptors (Lipinski definition) is 6. The number of hydrogen-bond donors (Lipinski definition) is 0. The molecule has 0 aromatic heterocycles. The Hall–Kier alpha value is -3.17. The van der Waals surface area contributed by atoms with Gasteiger partial charge in [-0.15, -0.1) is 0 Å². The van der Waals surface area contributed by atoms with Crippen LogP contribution in [0.25, 0.3) is 0 Å². The Morgan fingerprint density at radius 2 is 1.71 bits per heavy atom. The molecule has 3 fully saturated rings. The largest absolute Gasteiger partial charge is 0.362 e. The van der Waals surface area contributed by atoms with Gasteiger partial charge in [0.05, 0.1) is 4.92 Å². The second-order valence-corrected chi connectivity index (χ2v) is 8.44. The molecule has 4 rings (SSSR count). The summed E-state index contributed by atoms with van der Waals surface area (Å²) in [4.78, 5) is 55.7. The topological polar surface area (TPSA) is 107 Å². The molecule has 0 N–H and O–H groups in total. The van der Waals surface area contributed by atoms with Crippen molar-refractivity contribution in [3.63, 3.8) is 0 Å². The summed E-state index contributed by atoms with van der Waals surface area (Å²) in [6.45, 7) is 1.39. The minimum Gasteiger partial charge on any atom is -0.362 e. The standard InChI is InChI=1S/C21H27N5O5/c1-22-20(29)25(19(28)21(22)9-5-2-6-10-21)15-18(27)24-13-11-23(12-14-24)16-7-3-4-8-17(16)26(30)31/h3-4,7-8H,2,5-6,9-15H2,1H3. The molecule has 2 heterocycles. The van der Waals surface area contributed by atoms with Crippen LogP contribution in [0.2, 0.25) is 0 Å². The number of carbonyl (C=O) groups excluding carboxylic acids is 3. The Labute approximate surface area is 180 Å². The van der Waals surface area contributed by atoms with Crippen molar-refractivity contribution in [2.45, 2.75) is 37.6 Å². The molecule has 1 aliphatic carbocycles. The van der Waals surface area contributed by atoms with Crippen molar-refractivity contribution in [2.75, 3.05) is 44.7 Å². The summed E-state index contributed by atoms with van der Waals surface area (Å²) in [6.07, 6.45) is 4.15. The molecule has 31 heavy (non-hydrogen) atoms. The number of imide groups is 1. The van der Waals surface area contributed by atoms with Gasteiger partial charge in [0.2, 0.25) is 5.91 Å². The quantitative estimate of drug-likeness (QED) is 0.411. The Balaban J connectivity index is 1.39. The molecule has 0 bridgehead atoms. The number of benzene rings is 1. The van der Waals surface area contributed by atoms with Crippen LogP contribution in [-0.4, -0.2) is 82.8 Å². The summed E-state index contributed by atoms with van der Waals surface area (Å²) < 4.78 is 0. The average molecular weight is 429 g/mol. The lowest BCUT2D eigenvalue weighted by Gasteiger charge is -2.36. The van der Waals surface area contributed by atoms with Crippen LogP contribution >= 0.6 is 0 Å². The molecule has 1 aromatic rings. The van der Waals surface area contributed by atoms with Gasteiger partial charge in [0, 0.05) is 39.3 Å². The number of anilines is 1. The number of nitrogens with zero attached hydrogens (tertiary/aromatic N) is 5. The van der Waals surface area contributed by atoms with Crippen molar-refractivity contribution in [3.05, 3.63) is 34.4 Å². The van der Waals surface area contributed by atoms with E-state index in [2.05, 4.69) is 0 Å². The number of nitro groups is 1. The van der Waals surface area contributed by atoms with Crippen molar-refractivity contribution in [2.24, 2.45) is 0 Å². The van der Waals surface area contributed by atoms with E-state index in [1.165, 1.54) is 11.0 Å². The zero-order valence-corrected chi connectivity index (χ0v) is 17.7. The van der Waals surface area contributed by atoms with Crippen LogP contribution in [0.15, 0.2) is 24.3 Å². The number of rotatable bonds is 4. The number of nitro benzene ring substituents is 1. The highest BCUT2D eigenvalue weighted by Gasteiger charge is 2.56. The Morgan fingerprint density at radius 1 is 1.06 bits per heavy atom. The fourth-order valence-corrected chi connectivity index (χ4v) is 4.99. The molecular weight excluding hydrogens is 402 g/mol. The van der Waals surface area contributed by atoms with Gasteiger partial charge in [-0.2, -0.15) is 0 Å². The maximum absolute atomic E-state index is 13.1. The summed E-state index contributed by atoms with van der Waals surface area (Å²) in [7, 11) is 1.65. The molecule has 166 valence electrons. The molecule has 0 atom stereocenters. The van der Waals surface area contributed by atoms with Gasteiger partial charge < -0.3 is 14.7 Å². The molecule has 1 spiro atoms. The van der Waals surface area contributed by atoms with Crippen molar-refractivity contribution in [1.82, 2.24) is 14.7 Å². The molecule has 4 amide bonds. The van der Waals surface area contributed by atoms with Gasteiger partial charge in [0.15, 0.2) is 0 Å². The van der Waals surface area contributed by atoms with E-state index in [9.17, 15) is 24.5 Å². The van der Waals surface area contributed by atoms with E-state index in [1.807, 2.05) is 4.90 Å². The molecule has 10 heteroatoms. The van der Waals surface area contributed by atoms with Gasteiger partial charge in [-0.05, 0) is 18.9 Å². The fourth-order valence-electron chi connectivity index (χ4n) is 4.99. The third-order valence-electron chi connectivity index (χ3n) is 6.83. The number of amides is 4. The molecule has 1 aromatic carbocycles. The van der Waals surface area contributed by atoms with Gasteiger partial charge in [-0.3, -0.25) is 24.6 Å². The SMILES string of the molecule is CN1C(=O)N(CC(=O)N2CCN(c3ccccc3[N+](=O)[O-])CC2)C(=O)C12CCCCC2. The molecule has 3 aliphatic rings. The van der Waals surface area contributed by atoms with Gasteiger partial charge in [-0.1, -0.05) is 31.4 Å². The normalized spacial score (nSPS) is 21.2.